The van der Waals surface area contributed by atoms with E-state index in [0.29, 0.717) is 32.5 Å². The fourth-order valence-corrected chi connectivity index (χ4v) is 1.99. The molecule has 0 aromatic heterocycles. The van der Waals surface area contributed by atoms with E-state index in [-0.39, 0.29) is 12.5 Å². The second-order valence-corrected chi connectivity index (χ2v) is 5.10. The molecular weight excluding hydrogens is 234 g/mol. The topological polar surface area (TPSA) is 107 Å². The van der Waals surface area contributed by atoms with Crippen molar-refractivity contribution in [3.63, 3.8) is 0 Å². The van der Waals surface area contributed by atoms with Gasteiger partial charge in [0.2, 0.25) is 11.8 Å². The Morgan fingerprint density at radius 1 is 1.39 bits per heavy atom. The highest BCUT2D eigenvalue weighted by molar-refractivity contribution is 5.92. The van der Waals surface area contributed by atoms with Crippen LogP contribution in [0.1, 0.15) is 33.1 Å². The largest absolute Gasteiger partial charge is 0.381 e. The molecule has 1 aliphatic heterocycles. The van der Waals surface area contributed by atoms with Gasteiger partial charge in [0, 0.05) is 19.8 Å². The molecule has 1 aliphatic rings. The summed E-state index contributed by atoms with van der Waals surface area (Å²) in [6, 6.07) is 0. The van der Waals surface area contributed by atoms with Gasteiger partial charge in [-0.15, -0.1) is 0 Å². The van der Waals surface area contributed by atoms with Crippen molar-refractivity contribution < 1.29 is 14.3 Å². The van der Waals surface area contributed by atoms with Gasteiger partial charge in [-0.1, -0.05) is 6.92 Å². The SMILES string of the molecule is CCC(C)(NC(=O)C1(CN)CCOCC1)C(N)=O. The zero-order valence-electron chi connectivity index (χ0n) is 11.1. The maximum absolute atomic E-state index is 12.4. The zero-order chi connectivity index (χ0) is 13.8. The lowest BCUT2D eigenvalue weighted by Crippen LogP contribution is -2.60. The number of hydrogen-bond donors (Lipinski definition) is 3. The third kappa shape index (κ3) is 2.81. The van der Waals surface area contributed by atoms with Crippen LogP contribution < -0.4 is 16.8 Å². The van der Waals surface area contributed by atoms with Crippen LogP contribution in [0, 0.1) is 5.41 Å². The van der Waals surface area contributed by atoms with Crippen LogP contribution in [-0.4, -0.2) is 37.1 Å². The number of amides is 2. The monoisotopic (exact) mass is 257 g/mol. The molecular formula is C12H23N3O3. The molecule has 0 aromatic carbocycles. The number of primary amides is 1. The van der Waals surface area contributed by atoms with Crippen LogP contribution in [-0.2, 0) is 14.3 Å². The Hall–Kier alpha value is -1.14. The van der Waals surface area contributed by atoms with Crippen molar-refractivity contribution in [2.24, 2.45) is 16.9 Å². The molecule has 1 saturated heterocycles. The second kappa shape index (κ2) is 5.67. The van der Waals surface area contributed by atoms with Crippen molar-refractivity contribution in [3.05, 3.63) is 0 Å². The number of hydrogen-bond acceptors (Lipinski definition) is 4. The summed E-state index contributed by atoms with van der Waals surface area (Å²) in [6.45, 7) is 4.73. The maximum Gasteiger partial charge on any atom is 0.242 e. The minimum absolute atomic E-state index is 0.198. The van der Waals surface area contributed by atoms with Gasteiger partial charge in [-0.3, -0.25) is 9.59 Å². The Bertz CT molecular complexity index is 327. The fraction of sp³-hybridized carbons (Fsp3) is 0.833. The molecule has 0 radical (unpaired) electrons. The first-order chi connectivity index (χ1) is 8.40. The minimum Gasteiger partial charge on any atom is -0.381 e. The van der Waals surface area contributed by atoms with Crippen molar-refractivity contribution in [3.8, 4) is 0 Å². The summed E-state index contributed by atoms with van der Waals surface area (Å²) < 4.78 is 5.25. The number of nitrogens with two attached hydrogens (primary N) is 2. The first kappa shape index (κ1) is 14.9. The normalized spacial score (nSPS) is 21.9. The van der Waals surface area contributed by atoms with E-state index in [1.54, 1.807) is 6.92 Å². The summed E-state index contributed by atoms with van der Waals surface area (Å²) in [5.74, 6) is -0.728. The molecule has 2 amide bonds. The van der Waals surface area contributed by atoms with E-state index in [1.807, 2.05) is 6.92 Å². The van der Waals surface area contributed by atoms with Gasteiger partial charge in [0.05, 0.1) is 5.41 Å². The smallest absolute Gasteiger partial charge is 0.242 e. The van der Waals surface area contributed by atoms with Gasteiger partial charge >= 0.3 is 0 Å². The van der Waals surface area contributed by atoms with Gasteiger partial charge in [-0.2, -0.15) is 0 Å². The lowest BCUT2D eigenvalue weighted by molar-refractivity contribution is -0.141. The summed E-state index contributed by atoms with van der Waals surface area (Å²) in [5.41, 5.74) is 9.43. The van der Waals surface area contributed by atoms with E-state index >= 15 is 0 Å². The van der Waals surface area contributed by atoms with Gasteiger partial charge in [-0.05, 0) is 26.2 Å². The predicted molar refractivity (Wildman–Crippen MR) is 67.6 cm³/mol. The van der Waals surface area contributed by atoms with Crippen LogP contribution in [0.25, 0.3) is 0 Å². The quantitative estimate of drug-likeness (QED) is 0.617. The van der Waals surface area contributed by atoms with Crippen LogP contribution in [0.15, 0.2) is 0 Å². The molecule has 5 N–H and O–H groups in total. The third-order valence-electron chi connectivity index (χ3n) is 3.96. The van der Waals surface area contributed by atoms with E-state index in [1.165, 1.54) is 0 Å². The van der Waals surface area contributed by atoms with Crippen LogP contribution in [0.3, 0.4) is 0 Å². The molecule has 1 atom stereocenters. The summed E-state index contributed by atoms with van der Waals surface area (Å²) in [7, 11) is 0. The van der Waals surface area contributed by atoms with Gasteiger partial charge in [0.15, 0.2) is 0 Å². The van der Waals surface area contributed by atoms with Gasteiger partial charge < -0.3 is 21.5 Å². The fourth-order valence-electron chi connectivity index (χ4n) is 1.99. The van der Waals surface area contributed by atoms with Gasteiger partial charge in [0.1, 0.15) is 5.54 Å². The van der Waals surface area contributed by atoms with E-state index in [0.717, 1.165) is 0 Å². The lowest BCUT2D eigenvalue weighted by atomic mass is 9.78. The second-order valence-electron chi connectivity index (χ2n) is 5.10. The molecule has 0 aliphatic carbocycles. The lowest BCUT2D eigenvalue weighted by Gasteiger charge is -2.37. The summed E-state index contributed by atoms with van der Waals surface area (Å²) in [6.07, 6.45) is 1.60. The summed E-state index contributed by atoms with van der Waals surface area (Å²) in [4.78, 5) is 23.8. The van der Waals surface area contributed by atoms with E-state index in [9.17, 15) is 9.59 Å². The van der Waals surface area contributed by atoms with E-state index < -0.39 is 16.9 Å². The van der Waals surface area contributed by atoms with Gasteiger partial charge in [0.25, 0.3) is 0 Å². The first-order valence-corrected chi connectivity index (χ1v) is 6.30. The van der Waals surface area contributed by atoms with Gasteiger partial charge in [-0.25, -0.2) is 0 Å². The zero-order valence-corrected chi connectivity index (χ0v) is 11.1. The van der Waals surface area contributed by atoms with Crippen LogP contribution in [0.2, 0.25) is 0 Å². The molecule has 1 unspecified atom stereocenters. The minimum atomic E-state index is -1.02. The number of rotatable bonds is 5. The van der Waals surface area contributed by atoms with Crippen LogP contribution in [0.5, 0.6) is 0 Å². The van der Waals surface area contributed by atoms with Crippen molar-refractivity contribution in [1.82, 2.24) is 5.32 Å². The molecule has 6 heteroatoms. The highest BCUT2D eigenvalue weighted by Crippen LogP contribution is 2.30. The number of ether oxygens (including phenoxy) is 1. The Labute approximate surface area is 107 Å². The highest BCUT2D eigenvalue weighted by Gasteiger charge is 2.42. The summed E-state index contributed by atoms with van der Waals surface area (Å²) >= 11 is 0. The van der Waals surface area contributed by atoms with Crippen molar-refractivity contribution in [1.29, 1.82) is 0 Å². The average Bonchev–Trinajstić information content (AvgIpc) is 2.38. The van der Waals surface area contributed by atoms with Crippen molar-refractivity contribution >= 4 is 11.8 Å². The Morgan fingerprint density at radius 2 is 1.94 bits per heavy atom. The molecule has 18 heavy (non-hydrogen) atoms. The predicted octanol–water partition coefficient (Wildman–Crippen LogP) is -0.488. The molecule has 104 valence electrons. The third-order valence-corrected chi connectivity index (χ3v) is 3.96. The Balaban J connectivity index is 2.82. The Morgan fingerprint density at radius 3 is 2.33 bits per heavy atom. The molecule has 1 fully saturated rings. The maximum atomic E-state index is 12.4. The molecule has 0 saturated carbocycles. The first-order valence-electron chi connectivity index (χ1n) is 6.30. The van der Waals surface area contributed by atoms with Crippen molar-refractivity contribution in [2.45, 2.75) is 38.6 Å². The average molecular weight is 257 g/mol. The summed E-state index contributed by atoms with van der Waals surface area (Å²) in [5, 5.41) is 2.75. The molecule has 6 nitrogen and oxygen atoms in total. The standard InChI is InChI=1S/C12H23N3O3/c1-3-11(2,9(14)16)15-10(17)12(8-13)4-6-18-7-5-12/h3-8,13H2,1-2H3,(H2,14,16)(H,15,17). The Kier molecular flexibility index (Phi) is 4.70. The number of carbonyl (C=O) groups excluding carboxylic acids is 2. The van der Waals surface area contributed by atoms with Crippen molar-refractivity contribution in [2.75, 3.05) is 19.8 Å². The molecule has 0 aromatic rings. The number of carbonyl (C=O) groups is 2. The molecule has 0 bridgehead atoms. The molecule has 1 heterocycles. The van der Waals surface area contributed by atoms with Crippen LogP contribution in [0.4, 0.5) is 0 Å². The van der Waals surface area contributed by atoms with Crippen LogP contribution >= 0.6 is 0 Å². The van der Waals surface area contributed by atoms with E-state index in [2.05, 4.69) is 5.32 Å². The molecule has 0 spiro atoms. The highest BCUT2D eigenvalue weighted by atomic mass is 16.5. The number of nitrogens with one attached hydrogen (secondary N) is 1. The van der Waals surface area contributed by atoms with E-state index in [4.69, 9.17) is 16.2 Å². The molecule has 1 rings (SSSR count).